The van der Waals surface area contributed by atoms with Crippen LogP contribution in [0.5, 0.6) is 0 Å². The van der Waals surface area contributed by atoms with Gasteiger partial charge < -0.3 is 4.74 Å². The van der Waals surface area contributed by atoms with Crippen molar-refractivity contribution in [3.05, 3.63) is 23.8 Å². The van der Waals surface area contributed by atoms with E-state index in [0.29, 0.717) is 17.3 Å². The first-order valence-corrected chi connectivity index (χ1v) is 23.2. The third-order valence-corrected chi connectivity index (χ3v) is 15.2. The summed E-state index contributed by atoms with van der Waals surface area (Å²) in [6.07, 6.45) is 45.4. The molecule has 8 atom stereocenters. The minimum Gasteiger partial charge on any atom is -0.462 e. The fourth-order valence-electron chi connectivity index (χ4n) is 12.0. The summed E-state index contributed by atoms with van der Waals surface area (Å²) in [5, 5.41) is 0. The van der Waals surface area contributed by atoms with Crippen molar-refractivity contribution in [2.45, 2.75) is 234 Å². The smallest absolute Gasteiger partial charge is 0.306 e. The van der Waals surface area contributed by atoms with Gasteiger partial charge in [-0.3, -0.25) is 4.79 Å². The highest BCUT2D eigenvalue weighted by molar-refractivity contribution is 5.69. The van der Waals surface area contributed by atoms with Crippen molar-refractivity contribution in [3.63, 3.8) is 0 Å². The van der Waals surface area contributed by atoms with Gasteiger partial charge in [0.15, 0.2) is 0 Å². The zero-order valence-corrected chi connectivity index (χ0v) is 35.1. The zero-order valence-electron chi connectivity index (χ0n) is 35.1. The predicted octanol–water partition coefficient (Wildman–Crippen LogP) is 15.5. The van der Waals surface area contributed by atoms with Crippen LogP contribution >= 0.6 is 0 Å². The maximum Gasteiger partial charge on any atom is 0.306 e. The summed E-state index contributed by atoms with van der Waals surface area (Å²) in [4.78, 5) is 12.9. The van der Waals surface area contributed by atoms with Crippen LogP contribution < -0.4 is 0 Å². The number of fused-ring (bicyclic) bond motifs is 5. The van der Waals surface area contributed by atoms with E-state index in [2.05, 4.69) is 59.8 Å². The molecule has 0 aromatic carbocycles. The number of hydrogen-bond acceptors (Lipinski definition) is 2. The monoisotopic (exact) mass is 707 g/mol. The lowest BCUT2D eigenvalue weighted by atomic mass is 9.47. The first kappa shape index (κ1) is 42.7. The summed E-state index contributed by atoms with van der Waals surface area (Å²) in [6.45, 7) is 15.0. The molecule has 3 fully saturated rings. The van der Waals surface area contributed by atoms with E-state index < -0.39 is 0 Å². The maximum atomic E-state index is 12.9. The molecule has 2 heteroatoms. The van der Waals surface area contributed by atoms with Crippen molar-refractivity contribution in [3.8, 4) is 0 Å². The summed E-state index contributed by atoms with van der Waals surface area (Å²) in [5.41, 5.74) is 2.53. The molecule has 0 spiro atoms. The number of carbonyl (C=O) groups is 1. The molecule has 0 heterocycles. The van der Waals surface area contributed by atoms with Crippen LogP contribution in [0, 0.1) is 46.3 Å². The third kappa shape index (κ3) is 12.8. The fourth-order valence-corrected chi connectivity index (χ4v) is 12.0. The van der Waals surface area contributed by atoms with Gasteiger partial charge in [-0.05, 0) is 123 Å². The van der Waals surface area contributed by atoms with E-state index in [-0.39, 0.29) is 12.1 Å². The Balaban J connectivity index is 1.04. The van der Waals surface area contributed by atoms with E-state index >= 15 is 0 Å². The molecule has 0 aromatic heterocycles. The van der Waals surface area contributed by atoms with E-state index in [1.165, 1.54) is 161 Å². The molecule has 0 aliphatic heterocycles. The minimum absolute atomic E-state index is 0.0619. The van der Waals surface area contributed by atoms with Crippen LogP contribution in [0.3, 0.4) is 0 Å². The number of esters is 1. The van der Waals surface area contributed by atoms with Crippen molar-refractivity contribution < 1.29 is 9.53 Å². The summed E-state index contributed by atoms with van der Waals surface area (Å²) < 4.78 is 6.15. The van der Waals surface area contributed by atoms with Crippen molar-refractivity contribution in [1.82, 2.24) is 0 Å². The molecule has 4 aliphatic rings. The Morgan fingerprint density at radius 1 is 0.745 bits per heavy atom. The second-order valence-electron chi connectivity index (χ2n) is 19.4. The van der Waals surface area contributed by atoms with Crippen LogP contribution in [-0.2, 0) is 9.53 Å². The lowest BCUT2D eigenvalue weighted by Gasteiger charge is -2.58. The number of hydrogen-bond donors (Lipinski definition) is 0. The first-order valence-electron chi connectivity index (χ1n) is 23.2. The van der Waals surface area contributed by atoms with Crippen molar-refractivity contribution in [2.75, 3.05) is 0 Å². The van der Waals surface area contributed by atoms with E-state index in [4.69, 9.17) is 4.74 Å². The summed E-state index contributed by atoms with van der Waals surface area (Å²) in [6, 6.07) is 0. The highest BCUT2D eigenvalue weighted by Crippen LogP contribution is 2.67. The predicted molar refractivity (Wildman–Crippen MR) is 221 cm³/mol. The van der Waals surface area contributed by atoms with Crippen LogP contribution in [0.1, 0.15) is 228 Å². The molecule has 4 rings (SSSR count). The Bertz CT molecular complexity index is 1040. The van der Waals surface area contributed by atoms with Gasteiger partial charge in [0.05, 0.1) is 0 Å². The standard InChI is InChI=1S/C49H86O2/c1-7-8-9-10-11-12-13-14-15-16-17-18-19-20-21-22-23-24-25-29-47(50)51-42-34-36-48(5)41(38-42)30-31-43-45-33-32-44(40(4)28-26-27-39(2)3)49(45,6)37-35-46(43)48/h14-15,30,39-40,42-46H,7-13,16-29,31-38H2,1-6H3/b15-14-/t40-,42+,43-,44+,45-,46-,48+,49-/m1/s1. The number of rotatable bonds is 25. The fraction of sp³-hybridized carbons (Fsp3) is 0.898. The van der Waals surface area contributed by atoms with Gasteiger partial charge in [0.25, 0.3) is 0 Å². The second kappa shape index (κ2) is 22.4. The molecule has 4 aliphatic carbocycles. The Morgan fingerprint density at radius 2 is 1.37 bits per heavy atom. The van der Waals surface area contributed by atoms with Crippen molar-refractivity contribution in [2.24, 2.45) is 46.3 Å². The van der Waals surface area contributed by atoms with Gasteiger partial charge in [-0.25, -0.2) is 0 Å². The molecule has 0 aromatic rings. The van der Waals surface area contributed by atoms with Gasteiger partial charge in [-0.15, -0.1) is 0 Å². The van der Waals surface area contributed by atoms with Gasteiger partial charge in [-0.1, -0.05) is 162 Å². The minimum atomic E-state index is 0.0619. The Hall–Kier alpha value is -1.05. The van der Waals surface area contributed by atoms with Crippen LogP contribution in [0.4, 0.5) is 0 Å². The summed E-state index contributed by atoms with van der Waals surface area (Å²) in [5.74, 6) is 5.32. The molecule has 0 bridgehead atoms. The zero-order chi connectivity index (χ0) is 36.5. The average Bonchev–Trinajstić information content (AvgIpc) is 3.46. The molecule has 0 saturated heterocycles. The molecule has 3 saturated carbocycles. The highest BCUT2D eigenvalue weighted by Gasteiger charge is 2.59. The SMILES string of the molecule is CCCCCCCC/C=C\CCCCCCCCCCCC(=O)O[C@H]1CC[C@@]2(C)C(=CC[C@@H]3[C@H]4CC[C@@H]([C@H](C)CCCC(C)C)[C@@]4(C)CC[C@H]32)C1. The average molecular weight is 707 g/mol. The van der Waals surface area contributed by atoms with E-state index in [1.54, 1.807) is 5.57 Å². The highest BCUT2D eigenvalue weighted by atomic mass is 16.5. The van der Waals surface area contributed by atoms with E-state index in [0.717, 1.165) is 54.8 Å². The summed E-state index contributed by atoms with van der Waals surface area (Å²) >= 11 is 0. The maximum absolute atomic E-state index is 12.9. The molecule has 0 unspecified atom stereocenters. The van der Waals surface area contributed by atoms with Gasteiger partial charge >= 0.3 is 5.97 Å². The molecular formula is C49H86O2. The lowest BCUT2D eigenvalue weighted by molar-refractivity contribution is -0.151. The number of unbranched alkanes of at least 4 members (excludes halogenated alkanes) is 15. The third-order valence-electron chi connectivity index (χ3n) is 15.2. The van der Waals surface area contributed by atoms with Crippen LogP contribution in [0.15, 0.2) is 23.8 Å². The van der Waals surface area contributed by atoms with Gasteiger partial charge in [-0.2, -0.15) is 0 Å². The van der Waals surface area contributed by atoms with E-state index in [9.17, 15) is 4.79 Å². The quantitative estimate of drug-likeness (QED) is 0.0537. The normalized spacial score (nSPS) is 31.0. The lowest BCUT2D eigenvalue weighted by Crippen LogP contribution is -2.51. The molecule has 0 radical (unpaired) electrons. The Kier molecular flexibility index (Phi) is 18.7. The Morgan fingerprint density at radius 3 is 2.02 bits per heavy atom. The number of carbonyl (C=O) groups excluding carboxylic acids is 1. The number of ether oxygens (including phenoxy) is 1. The number of allylic oxidation sites excluding steroid dienone is 3. The Labute approximate surface area is 318 Å². The van der Waals surface area contributed by atoms with Gasteiger partial charge in [0, 0.05) is 12.8 Å². The van der Waals surface area contributed by atoms with Gasteiger partial charge in [0.1, 0.15) is 6.10 Å². The first-order chi connectivity index (χ1) is 24.7. The van der Waals surface area contributed by atoms with Crippen LogP contribution in [0.2, 0.25) is 0 Å². The van der Waals surface area contributed by atoms with E-state index in [1.807, 2.05) is 0 Å². The molecular weight excluding hydrogens is 621 g/mol. The van der Waals surface area contributed by atoms with Crippen molar-refractivity contribution >= 4 is 5.97 Å². The molecule has 0 amide bonds. The second-order valence-corrected chi connectivity index (χ2v) is 19.4. The molecule has 0 N–H and O–H groups in total. The topological polar surface area (TPSA) is 26.3 Å². The largest absolute Gasteiger partial charge is 0.462 e. The molecule has 294 valence electrons. The van der Waals surface area contributed by atoms with Crippen molar-refractivity contribution in [1.29, 1.82) is 0 Å². The van der Waals surface area contributed by atoms with Crippen LogP contribution in [0.25, 0.3) is 0 Å². The van der Waals surface area contributed by atoms with Gasteiger partial charge in [0.2, 0.25) is 0 Å². The van der Waals surface area contributed by atoms with Crippen LogP contribution in [-0.4, -0.2) is 12.1 Å². The molecule has 51 heavy (non-hydrogen) atoms. The molecule has 2 nitrogen and oxygen atoms in total. The summed E-state index contributed by atoms with van der Waals surface area (Å²) in [7, 11) is 0.